The monoisotopic (exact) mass is 564 g/mol. The molecule has 192 valence electrons. The Morgan fingerprint density at radius 2 is 1.89 bits per heavy atom. The molecule has 1 aliphatic heterocycles. The van der Waals surface area contributed by atoms with Crippen molar-refractivity contribution in [1.29, 1.82) is 0 Å². The average molecular weight is 565 g/mol. The molecule has 1 saturated heterocycles. The summed E-state index contributed by atoms with van der Waals surface area (Å²) < 4.78 is 12.5. The molecule has 2 N–H and O–H groups in total. The Morgan fingerprint density at radius 1 is 1.16 bits per heavy atom. The summed E-state index contributed by atoms with van der Waals surface area (Å²) in [6.07, 6.45) is 3.56. The normalized spacial score (nSPS) is 25.6. The van der Waals surface area contributed by atoms with Crippen LogP contribution < -0.4 is 0 Å². The number of halogens is 1. The lowest BCUT2D eigenvalue weighted by Crippen LogP contribution is -2.51. The van der Waals surface area contributed by atoms with E-state index in [1.165, 1.54) is 0 Å². The molecule has 4 atom stereocenters. The largest absolute Gasteiger partial charge is 0.507 e. The molecule has 1 fully saturated rings. The topological polar surface area (TPSA) is 93.1 Å². The van der Waals surface area contributed by atoms with E-state index < -0.39 is 19.0 Å². The van der Waals surface area contributed by atoms with E-state index >= 15 is 0 Å². The van der Waals surface area contributed by atoms with Crippen LogP contribution in [0.3, 0.4) is 0 Å². The highest BCUT2D eigenvalue weighted by atomic mass is 79.9. The third-order valence-electron chi connectivity index (χ3n) is 7.87. The van der Waals surface area contributed by atoms with Crippen molar-refractivity contribution in [2.45, 2.75) is 38.6 Å². The van der Waals surface area contributed by atoms with Gasteiger partial charge in [0.25, 0.3) is 0 Å². The molecule has 5 rings (SSSR count). The number of aromatic hydroxyl groups is 1. The van der Waals surface area contributed by atoms with Gasteiger partial charge in [-0.3, -0.25) is 9.59 Å². The Morgan fingerprint density at radius 3 is 2.62 bits per heavy atom. The number of benzene rings is 2. The van der Waals surface area contributed by atoms with Gasteiger partial charge in [0, 0.05) is 40.1 Å². The maximum Gasteiger partial charge on any atom is 0.455 e. The van der Waals surface area contributed by atoms with Gasteiger partial charge >= 0.3 is 7.12 Å². The summed E-state index contributed by atoms with van der Waals surface area (Å²) in [7, 11) is 0.614. The van der Waals surface area contributed by atoms with Gasteiger partial charge in [-0.15, -0.1) is 0 Å². The van der Waals surface area contributed by atoms with E-state index in [2.05, 4.69) is 15.9 Å². The van der Waals surface area contributed by atoms with E-state index in [1.54, 1.807) is 43.5 Å². The van der Waals surface area contributed by atoms with Crippen LogP contribution in [0.5, 0.6) is 5.75 Å². The zero-order valence-corrected chi connectivity index (χ0v) is 22.5. The fourth-order valence-corrected chi connectivity index (χ4v) is 6.69. The van der Waals surface area contributed by atoms with E-state index in [4.69, 9.17) is 9.39 Å². The lowest BCUT2D eigenvalue weighted by Gasteiger charge is -2.47. The second kappa shape index (κ2) is 10.7. The van der Waals surface area contributed by atoms with Gasteiger partial charge in [0.2, 0.25) is 0 Å². The van der Waals surface area contributed by atoms with Crippen LogP contribution in [0.2, 0.25) is 6.32 Å². The van der Waals surface area contributed by atoms with Gasteiger partial charge in [-0.25, -0.2) is 0 Å². The molecule has 0 unspecified atom stereocenters. The molecule has 0 bridgehead atoms. The van der Waals surface area contributed by atoms with Crippen LogP contribution in [0.4, 0.5) is 0 Å². The van der Waals surface area contributed by atoms with Crippen molar-refractivity contribution in [3.8, 4) is 5.75 Å². The highest BCUT2D eigenvalue weighted by Crippen LogP contribution is 2.51. The molecule has 37 heavy (non-hydrogen) atoms. The van der Waals surface area contributed by atoms with E-state index in [0.717, 1.165) is 26.8 Å². The number of hydrogen-bond acceptors (Lipinski definition) is 6. The van der Waals surface area contributed by atoms with Gasteiger partial charge in [0.1, 0.15) is 5.75 Å². The maximum absolute atomic E-state index is 13.7. The molecule has 8 heteroatoms. The summed E-state index contributed by atoms with van der Waals surface area (Å²) in [4.78, 5) is 27.2. The van der Waals surface area contributed by atoms with Gasteiger partial charge in [0.05, 0.1) is 12.7 Å². The number of ketones is 2. The number of allylic oxidation sites excluding steroid dienone is 1. The highest BCUT2D eigenvalue weighted by molar-refractivity contribution is 9.10. The van der Waals surface area contributed by atoms with Crippen molar-refractivity contribution < 1.29 is 29.1 Å². The zero-order chi connectivity index (χ0) is 26.3. The Balaban J connectivity index is 1.46. The molecule has 2 aromatic rings. The molecule has 0 saturated carbocycles. The predicted octanol–water partition coefficient (Wildman–Crippen LogP) is 5.49. The van der Waals surface area contributed by atoms with Gasteiger partial charge in [-0.1, -0.05) is 51.8 Å². The van der Waals surface area contributed by atoms with Crippen LogP contribution in [0.25, 0.3) is 6.08 Å². The molecule has 0 amide bonds. The third-order valence-corrected chi connectivity index (χ3v) is 8.37. The first kappa shape index (κ1) is 26.1. The summed E-state index contributed by atoms with van der Waals surface area (Å²) in [6.45, 7) is 2.35. The van der Waals surface area contributed by atoms with Gasteiger partial charge in [-0.05, 0) is 67.8 Å². The Kier molecular flexibility index (Phi) is 7.54. The zero-order valence-electron chi connectivity index (χ0n) is 20.9. The number of rotatable bonds is 6. The average Bonchev–Trinajstić information content (AvgIpc) is 2.87. The minimum atomic E-state index is -1.01. The molecular weight excluding hydrogens is 535 g/mol. The van der Waals surface area contributed by atoms with Crippen LogP contribution >= 0.6 is 15.9 Å². The first-order valence-electron chi connectivity index (χ1n) is 12.7. The van der Waals surface area contributed by atoms with E-state index in [9.17, 15) is 19.7 Å². The standard InChI is InChI=1S/C29H30BBrO6/c1-16(11-17-12-19(31)8-9-24(17)32)7-10-25-26-18(15-36-2)13-22-27(23(26)14-30(35)37-25)29(34)21-6-4-3-5-20(21)28(22)33/h3-6,8-9,11-12,22-23,25,27,32,35H,7,10,13-15H2,1-2H3/b16-11+/t22-,23+,25-,27-/m1/s1. The lowest BCUT2D eigenvalue weighted by molar-refractivity contribution is 0.0584. The van der Waals surface area contributed by atoms with Gasteiger partial charge in [-0.2, -0.15) is 0 Å². The number of methoxy groups -OCH3 is 1. The minimum absolute atomic E-state index is 0.00186. The van der Waals surface area contributed by atoms with Crippen molar-refractivity contribution in [1.82, 2.24) is 0 Å². The number of carbonyl (C=O) groups excluding carboxylic acids is 2. The van der Waals surface area contributed by atoms with Gasteiger partial charge in [0.15, 0.2) is 11.6 Å². The third kappa shape index (κ3) is 5.00. The van der Waals surface area contributed by atoms with Crippen molar-refractivity contribution >= 4 is 40.7 Å². The lowest BCUT2D eigenvalue weighted by atomic mass is 9.54. The number of Topliss-reactive ketones (excluding diaryl/α,β-unsaturated/α-hetero) is 2. The van der Waals surface area contributed by atoms with Crippen molar-refractivity contribution in [3.63, 3.8) is 0 Å². The first-order valence-corrected chi connectivity index (χ1v) is 13.4. The van der Waals surface area contributed by atoms with Gasteiger partial charge < -0.3 is 19.5 Å². The van der Waals surface area contributed by atoms with Crippen LogP contribution in [0.1, 0.15) is 52.5 Å². The smallest absolute Gasteiger partial charge is 0.455 e. The van der Waals surface area contributed by atoms with E-state index in [1.807, 2.05) is 19.1 Å². The molecule has 0 spiro atoms. The maximum atomic E-state index is 13.7. The van der Waals surface area contributed by atoms with Crippen LogP contribution in [-0.2, 0) is 9.39 Å². The molecule has 1 heterocycles. The molecule has 3 aliphatic rings. The number of phenols is 1. The van der Waals surface area contributed by atoms with Crippen LogP contribution in [0, 0.1) is 17.8 Å². The number of ether oxygens (including phenoxy) is 1. The van der Waals surface area contributed by atoms with Crippen molar-refractivity contribution in [2.75, 3.05) is 13.7 Å². The summed E-state index contributed by atoms with van der Waals surface area (Å²) >= 11 is 3.44. The summed E-state index contributed by atoms with van der Waals surface area (Å²) in [6, 6.07) is 12.4. The number of phenolic OH excluding ortho intramolecular Hbond substituents is 1. The quantitative estimate of drug-likeness (QED) is 0.356. The predicted molar refractivity (Wildman–Crippen MR) is 145 cm³/mol. The van der Waals surface area contributed by atoms with Crippen molar-refractivity contribution in [3.05, 3.63) is 80.3 Å². The molecule has 2 aromatic carbocycles. The fraction of sp³-hybridized carbons (Fsp3) is 0.379. The number of hydrogen-bond donors (Lipinski definition) is 2. The molecule has 0 aromatic heterocycles. The minimum Gasteiger partial charge on any atom is -0.507 e. The summed E-state index contributed by atoms with van der Waals surface area (Å²) in [5.74, 6) is -1.05. The fourth-order valence-electron chi connectivity index (χ4n) is 6.31. The molecule has 2 aliphatic carbocycles. The Bertz CT molecular complexity index is 1300. The van der Waals surface area contributed by atoms with Crippen molar-refractivity contribution in [2.24, 2.45) is 17.8 Å². The highest BCUT2D eigenvalue weighted by Gasteiger charge is 2.53. The molecule has 6 nitrogen and oxygen atoms in total. The number of carbonyl (C=O) groups is 2. The van der Waals surface area contributed by atoms with E-state index in [-0.39, 0.29) is 35.7 Å². The molecular formula is C29H30BBrO6. The Hall–Kier alpha value is -2.52. The van der Waals surface area contributed by atoms with Crippen LogP contribution in [0.15, 0.2) is 63.7 Å². The summed E-state index contributed by atoms with van der Waals surface area (Å²) in [5.41, 5.74) is 4.75. The summed E-state index contributed by atoms with van der Waals surface area (Å²) in [5, 5.41) is 20.9. The van der Waals surface area contributed by atoms with E-state index in [0.29, 0.717) is 37.0 Å². The second-order valence-corrected chi connectivity index (χ2v) is 11.2. The first-order chi connectivity index (χ1) is 17.8. The second-order valence-electron chi connectivity index (χ2n) is 10.3. The SMILES string of the molecule is COCC1=C2[C@@H](CC/C(C)=C/c3cc(Br)ccc3O)OB(O)C[C@@H]2[C@@H]2C(=O)c3ccccc3C(=O)[C@@H]2C1. The molecule has 0 radical (unpaired) electrons. The van der Waals surface area contributed by atoms with Crippen LogP contribution in [-0.4, -0.2) is 48.6 Å². The number of fused-ring (bicyclic) bond motifs is 4. The Labute approximate surface area is 225 Å².